The van der Waals surface area contributed by atoms with Gasteiger partial charge in [0.15, 0.2) is 0 Å². The van der Waals surface area contributed by atoms with E-state index in [1.807, 2.05) is 12.3 Å². The quantitative estimate of drug-likeness (QED) is 0.682. The molecule has 0 aliphatic heterocycles. The maximum atomic E-state index is 13.6. The van der Waals surface area contributed by atoms with Gasteiger partial charge in [-0.05, 0) is 19.1 Å². The van der Waals surface area contributed by atoms with Gasteiger partial charge in [0.1, 0.15) is 11.6 Å². The lowest BCUT2D eigenvalue weighted by Gasteiger charge is -2.01. The number of ether oxygens (including phenoxy) is 1. The number of rotatable bonds is 4. The molecule has 2 aromatic rings. The van der Waals surface area contributed by atoms with E-state index in [1.165, 1.54) is 30.7 Å². The summed E-state index contributed by atoms with van der Waals surface area (Å²) in [6, 6.07) is 4.60. The van der Waals surface area contributed by atoms with Gasteiger partial charge in [-0.1, -0.05) is 0 Å². The fourth-order valence-electron chi connectivity index (χ4n) is 1.30. The molecular formula is C12H12FN3OS. The van der Waals surface area contributed by atoms with Crippen molar-refractivity contribution in [1.29, 1.82) is 0 Å². The molecule has 1 N–H and O–H groups in total. The third-order valence-electron chi connectivity index (χ3n) is 2.19. The van der Waals surface area contributed by atoms with E-state index < -0.39 is 0 Å². The van der Waals surface area contributed by atoms with Gasteiger partial charge < -0.3 is 4.74 Å². The van der Waals surface area contributed by atoms with Gasteiger partial charge in [0.05, 0.1) is 19.0 Å². The molecule has 94 valence electrons. The van der Waals surface area contributed by atoms with Crippen molar-refractivity contribution in [3.05, 3.63) is 40.7 Å². The lowest BCUT2D eigenvalue weighted by molar-refractivity contribution is 0.411. The van der Waals surface area contributed by atoms with Crippen LogP contribution in [0.15, 0.2) is 28.7 Å². The summed E-state index contributed by atoms with van der Waals surface area (Å²) in [6.45, 7) is 1.90. The Hall–Kier alpha value is -1.95. The Morgan fingerprint density at radius 2 is 2.33 bits per heavy atom. The second kappa shape index (κ2) is 5.59. The molecular weight excluding hydrogens is 253 g/mol. The number of nitrogens with zero attached hydrogens (tertiary/aromatic N) is 2. The van der Waals surface area contributed by atoms with Crippen molar-refractivity contribution in [2.45, 2.75) is 6.92 Å². The molecule has 0 fully saturated rings. The Morgan fingerprint density at radius 3 is 2.94 bits per heavy atom. The van der Waals surface area contributed by atoms with Crippen LogP contribution in [0.2, 0.25) is 0 Å². The van der Waals surface area contributed by atoms with Crippen LogP contribution in [0.4, 0.5) is 9.52 Å². The summed E-state index contributed by atoms with van der Waals surface area (Å²) in [5, 5.41) is 6.52. The number of halogens is 1. The summed E-state index contributed by atoms with van der Waals surface area (Å²) < 4.78 is 18.5. The molecule has 0 amide bonds. The molecule has 0 unspecified atom stereocenters. The Kier molecular flexibility index (Phi) is 3.88. The van der Waals surface area contributed by atoms with E-state index in [2.05, 4.69) is 15.5 Å². The highest BCUT2D eigenvalue weighted by atomic mass is 32.1. The molecule has 1 aromatic heterocycles. The minimum Gasteiger partial charge on any atom is -0.497 e. The van der Waals surface area contributed by atoms with Crippen molar-refractivity contribution in [3.8, 4) is 5.75 Å². The van der Waals surface area contributed by atoms with Crippen molar-refractivity contribution in [1.82, 2.24) is 4.98 Å². The van der Waals surface area contributed by atoms with Gasteiger partial charge in [-0.2, -0.15) is 5.10 Å². The average molecular weight is 265 g/mol. The van der Waals surface area contributed by atoms with E-state index in [1.54, 1.807) is 12.1 Å². The normalized spacial score (nSPS) is 10.8. The van der Waals surface area contributed by atoms with Crippen molar-refractivity contribution >= 4 is 22.7 Å². The first-order chi connectivity index (χ1) is 8.69. The Morgan fingerprint density at radius 1 is 1.50 bits per heavy atom. The van der Waals surface area contributed by atoms with Crippen LogP contribution in [0.1, 0.15) is 11.3 Å². The van der Waals surface area contributed by atoms with Crippen molar-refractivity contribution < 1.29 is 9.13 Å². The predicted octanol–water partition coefficient (Wildman–Crippen LogP) is 3.05. The maximum absolute atomic E-state index is 13.6. The molecule has 2 rings (SSSR count). The van der Waals surface area contributed by atoms with Crippen LogP contribution in [-0.2, 0) is 0 Å². The summed E-state index contributed by atoms with van der Waals surface area (Å²) in [7, 11) is 1.49. The van der Waals surface area contributed by atoms with E-state index >= 15 is 0 Å². The van der Waals surface area contributed by atoms with Crippen molar-refractivity contribution in [3.63, 3.8) is 0 Å². The van der Waals surface area contributed by atoms with Gasteiger partial charge in [-0.25, -0.2) is 9.37 Å². The number of methoxy groups -OCH3 is 1. The molecule has 0 aliphatic rings. The molecule has 1 aromatic carbocycles. The number of hydrogen-bond donors (Lipinski definition) is 1. The van der Waals surface area contributed by atoms with Gasteiger partial charge in [0.25, 0.3) is 0 Å². The number of aryl methyl sites for hydroxylation is 1. The van der Waals surface area contributed by atoms with Crippen molar-refractivity contribution in [2.24, 2.45) is 5.10 Å². The van der Waals surface area contributed by atoms with Gasteiger partial charge in [0.2, 0.25) is 5.13 Å². The van der Waals surface area contributed by atoms with Crippen LogP contribution in [0.3, 0.4) is 0 Å². The minimum absolute atomic E-state index is 0.379. The first kappa shape index (κ1) is 12.5. The molecule has 4 nitrogen and oxygen atoms in total. The smallest absolute Gasteiger partial charge is 0.203 e. The lowest BCUT2D eigenvalue weighted by Crippen LogP contribution is -1.94. The van der Waals surface area contributed by atoms with Gasteiger partial charge in [-0.3, -0.25) is 5.43 Å². The second-order valence-electron chi connectivity index (χ2n) is 3.55. The maximum Gasteiger partial charge on any atom is 0.203 e. The molecule has 0 atom stereocenters. The zero-order chi connectivity index (χ0) is 13.0. The topological polar surface area (TPSA) is 46.5 Å². The van der Waals surface area contributed by atoms with Crippen LogP contribution in [0.5, 0.6) is 5.75 Å². The Labute approximate surface area is 108 Å². The average Bonchev–Trinajstić information content (AvgIpc) is 2.77. The van der Waals surface area contributed by atoms with Gasteiger partial charge in [0, 0.05) is 17.0 Å². The standard InChI is InChI=1S/C12H12FN3OS/c1-8-7-18-12(15-8)16-14-6-9-3-4-10(17-2)5-11(9)13/h3-7H,1-2H3,(H,15,16). The molecule has 1 heterocycles. The van der Waals surface area contributed by atoms with Crippen LogP contribution in [0, 0.1) is 12.7 Å². The number of aromatic nitrogens is 1. The van der Waals surface area contributed by atoms with Gasteiger partial charge in [-0.15, -0.1) is 11.3 Å². The van der Waals surface area contributed by atoms with Gasteiger partial charge >= 0.3 is 0 Å². The number of hydrazone groups is 1. The second-order valence-corrected chi connectivity index (χ2v) is 4.41. The number of hydrogen-bond acceptors (Lipinski definition) is 5. The SMILES string of the molecule is COc1ccc(C=NNc2nc(C)cs2)c(F)c1. The summed E-state index contributed by atoms with van der Waals surface area (Å²) in [5.74, 6) is 0.100. The number of anilines is 1. The molecule has 0 aliphatic carbocycles. The summed E-state index contributed by atoms with van der Waals surface area (Å²) >= 11 is 1.45. The summed E-state index contributed by atoms with van der Waals surface area (Å²) in [5.41, 5.74) is 4.06. The number of thiazole rings is 1. The zero-order valence-corrected chi connectivity index (χ0v) is 10.8. The molecule has 0 saturated heterocycles. The molecule has 18 heavy (non-hydrogen) atoms. The molecule has 6 heteroatoms. The van der Waals surface area contributed by atoms with E-state index in [0.29, 0.717) is 16.4 Å². The predicted molar refractivity (Wildman–Crippen MR) is 71.0 cm³/mol. The zero-order valence-electron chi connectivity index (χ0n) is 9.98. The monoisotopic (exact) mass is 265 g/mol. The van der Waals surface area contributed by atoms with E-state index in [-0.39, 0.29) is 5.82 Å². The fraction of sp³-hybridized carbons (Fsp3) is 0.167. The highest BCUT2D eigenvalue weighted by Gasteiger charge is 2.01. The van der Waals surface area contributed by atoms with E-state index in [0.717, 1.165) is 5.69 Å². The first-order valence-electron chi connectivity index (χ1n) is 5.24. The van der Waals surface area contributed by atoms with Crippen LogP contribution < -0.4 is 10.2 Å². The van der Waals surface area contributed by atoms with Crippen molar-refractivity contribution in [2.75, 3.05) is 12.5 Å². The summed E-state index contributed by atoms with van der Waals surface area (Å²) in [4.78, 5) is 4.17. The van der Waals surface area contributed by atoms with E-state index in [9.17, 15) is 4.39 Å². The lowest BCUT2D eigenvalue weighted by atomic mass is 10.2. The van der Waals surface area contributed by atoms with Crippen LogP contribution >= 0.6 is 11.3 Å². The molecule has 0 radical (unpaired) electrons. The van der Waals surface area contributed by atoms with Crippen LogP contribution in [0.25, 0.3) is 0 Å². The molecule has 0 spiro atoms. The highest BCUT2D eigenvalue weighted by molar-refractivity contribution is 7.13. The first-order valence-corrected chi connectivity index (χ1v) is 6.12. The summed E-state index contributed by atoms with van der Waals surface area (Å²) in [6.07, 6.45) is 1.41. The van der Waals surface area contributed by atoms with E-state index in [4.69, 9.17) is 4.74 Å². The molecule has 0 saturated carbocycles. The largest absolute Gasteiger partial charge is 0.497 e. The third kappa shape index (κ3) is 3.04. The highest BCUT2D eigenvalue weighted by Crippen LogP contribution is 2.16. The number of nitrogens with one attached hydrogen (secondary N) is 1. The third-order valence-corrected chi connectivity index (χ3v) is 3.06. The Bertz CT molecular complexity index is 568. The fourth-order valence-corrected chi connectivity index (χ4v) is 1.94. The molecule has 0 bridgehead atoms. The minimum atomic E-state index is -0.379. The Balaban J connectivity index is 2.05. The number of benzene rings is 1. The van der Waals surface area contributed by atoms with Crippen LogP contribution in [-0.4, -0.2) is 18.3 Å².